The Morgan fingerprint density at radius 1 is 1.00 bits per heavy atom. The van der Waals surface area contributed by atoms with Gasteiger partial charge in [-0.3, -0.25) is 4.79 Å². The molecule has 0 atom stereocenters. The molecule has 0 radical (unpaired) electrons. The molecule has 34 heavy (non-hydrogen) atoms. The number of carbonyl (C=O) groups is 2. The SMILES string of the molecule is CCn1c2ccccc2c(C(=O)c2cc(F)c(F)cc2C(=O)OC(C(F)(F)F)C(F)(F)F)[n+]1[O-]. The predicted molar refractivity (Wildman–Crippen MR) is 97.7 cm³/mol. The molecule has 0 aliphatic heterocycles. The fraction of sp³-hybridized carbons (Fsp3) is 0.250. The van der Waals surface area contributed by atoms with Crippen molar-refractivity contribution in [2.24, 2.45) is 0 Å². The Balaban J connectivity index is 2.18. The fourth-order valence-electron chi connectivity index (χ4n) is 3.25. The Morgan fingerprint density at radius 3 is 2.06 bits per heavy atom. The third-order valence-corrected chi connectivity index (χ3v) is 4.71. The molecular weight excluding hydrogens is 484 g/mol. The number of carbonyl (C=O) groups excluding carboxylic acids is 2. The van der Waals surface area contributed by atoms with Gasteiger partial charge in [-0.25, -0.2) is 13.6 Å². The average molecular weight is 496 g/mol. The summed E-state index contributed by atoms with van der Waals surface area (Å²) in [4.78, 5) is 25.4. The van der Waals surface area contributed by atoms with Crippen LogP contribution in [0.5, 0.6) is 0 Å². The van der Waals surface area contributed by atoms with E-state index in [4.69, 9.17) is 0 Å². The summed E-state index contributed by atoms with van der Waals surface area (Å²) in [6.07, 6.45) is -16.8. The van der Waals surface area contributed by atoms with Crippen LogP contribution in [0.2, 0.25) is 0 Å². The monoisotopic (exact) mass is 496 g/mol. The highest BCUT2D eigenvalue weighted by atomic mass is 19.4. The third kappa shape index (κ3) is 4.39. The van der Waals surface area contributed by atoms with Crippen LogP contribution in [0.4, 0.5) is 35.1 Å². The molecule has 0 N–H and O–H groups in total. The number of ether oxygens (including phenoxy) is 1. The van der Waals surface area contributed by atoms with E-state index < -0.39 is 58.7 Å². The number of alkyl halides is 6. The summed E-state index contributed by atoms with van der Waals surface area (Å²) in [5.41, 5.74) is -3.11. The van der Waals surface area contributed by atoms with Gasteiger partial charge >= 0.3 is 18.3 Å². The summed E-state index contributed by atoms with van der Waals surface area (Å²) >= 11 is 0. The molecule has 1 heterocycles. The molecule has 0 saturated heterocycles. The quantitative estimate of drug-likeness (QED) is 0.172. The lowest BCUT2D eigenvalue weighted by Crippen LogP contribution is -2.45. The molecule has 6 nitrogen and oxygen atoms in total. The molecule has 2 aromatic carbocycles. The van der Waals surface area contributed by atoms with Crippen LogP contribution in [-0.2, 0) is 11.3 Å². The van der Waals surface area contributed by atoms with Gasteiger partial charge in [-0.05, 0) is 31.2 Å². The second kappa shape index (κ2) is 8.57. The van der Waals surface area contributed by atoms with Crippen molar-refractivity contribution in [1.29, 1.82) is 0 Å². The predicted octanol–water partition coefficient (Wildman–Crippen LogP) is 4.45. The van der Waals surface area contributed by atoms with Gasteiger partial charge in [0.05, 0.1) is 17.5 Å². The van der Waals surface area contributed by atoms with Gasteiger partial charge in [0.2, 0.25) is 0 Å². The standard InChI is InChI=1S/C20H12F8N2O4/c1-2-29-14-6-4-3-5-9(14)15(30(29)33)16(31)10-7-12(21)13(22)8-11(10)17(32)34-18(19(23,24)25)20(26,27)28/h3-8,18H,2H2,1H3. The summed E-state index contributed by atoms with van der Waals surface area (Å²) in [5, 5.41) is 12.7. The Morgan fingerprint density at radius 2 is 1.53 bits per heavy atom. The van der Waals surface area contributed by atoms with Crippen molar-refractivity contribution in [3.05, 3.63) is 70.1 Å². The van der Waals surface area contributed by atoms with Crippen molar-refractivity contribution < 1.29 is 54.3 Å². The summed E-state index contributed by atoms with van der Waals surface area (Å²) < 4.78 is 109. The maximum absolute atomic E-state index is 13.9. The van der Waals surface area contributed by atoms with Gasteiger partial charge in [-0.15, -0.1) is 4.68 Å². The number of esters is 1. The van der Waals surface area contributed by atoms with Crippen molar-refractivity contribution in [3.63, 3.8) is 0 Å². The van der Waals surface area contributed by atoms with Crippen molar-refractivity contribution in [1.82, 2.24) is 4.68 Å². The molecule has 0 aliphatic carbocycles. The summed E-state index contributed by atoms with van der Waals surface area (Å²) in [5.74, 6) is -7.47. The minimum absolute atomic E-state index is 0.0168. The maximum Gasteiger partial charge on any atom is 0.434 e. The van der Waals surface area contributed by atoms with Gasteiger partial charge in [-0.2, -0.15) is 26.3 Å². The van der Waals surface area contributed by atoms with Crippen LogP contribution in [0.3, 0.4) is 0 Å². The van der Waals surface area contributed by atoms with Gasteiger partial charge in [0.1, 0.15) is 5.52 Å². The molecule has 0 bridgehead atoms. The summed E-state index contributed by atoms with van der Waals surface area (Å²) in [6.45, 7) is 1.56. The molecule has 182 valence electrons. The zero-order valence-electron chi connectivity index (χ0n) is 16.8. The van der Waals surface area contributed by atoms with E-state index in [2.05, 4.69) is 4.74 Å². The van der Waals surface area contributed by atoms with Crippen molar-refractivity contribution in [2.75, 3.05) is 0 Å². The minimum atomic E-state index is -6.09. The Kier molecular flexibility index (Phi) is 6.28. The number of benzene rings is 2. The number of nitrogens with zero attached hydrogens (tertiary/aromatic N) is 2. The number of hydrogen-bond acceptors (Lipinski definition) is 4. The van der Waals surface area contributed by atoms with E-state index in [9.17, 15) is 49.9 Å². The van der Waals surface area contributed by atoms with Crippen LogP contribution >= 0.6 is 0 Å². The Labute approximate surface area is 184 Å². The molecule has 0 spiro atoms. The van der Waals surface area contributed by atoms with E-state index >= 15 is 0 Å². The molecule has 3 aromatic rings. The number of ketones is 1. The smallest absolute Gasteiger partial charge is 0.434 e. The van der Waals surface area contributed by atoms with Crippen molar-refractivity contribution >= 4 is 22.7 Å². The summed E-state index contributed by atoms with van der Waals surface area (Å²) in [6, 6.07) is 5.66. The zero-order valence-corrected chi connectivity index (χ0v) is 16.8. The first-order chi connectivity index (χ1) is 15.7. The van der Waals surface area contributed by atoms with Gasteiger partial charge < -0.3 is 9.94 Å². The van der Waals surface area contributed by atoms with E-state index in [0.29, 0.717) is 0 Å². The molecule has 0 unspecified atom stereocenters. The topological polar surface area (TPSA) is 75.2 Å². The molecule has 0 aliphatic rings. The van der Waals surface area contributed by atoms with Gasteiger partial charge in [-0.1, -0.05) is 17.0 Å². The minimum Gasteiger partial charge on any atom is -0.595 e. The largest absolute Gasteiger partial charge is 0.595 e. The highest BCUT2D eigenvalue weighted by molar-refractivity contribution is 6.17. The normalized spacial score (nSPS) is 12.4. The van der Waals surface area contributed by atoms with Crippen LogP contribution in [-0.4, -0.2) is 34.9 Å². The third-order valence-electron chi connectivity index (χ3n) is 4.71. The lowest BCUT2D eigenvalue weighted by atomic mass is 9.99. The maximum atomic E-state index is 13.9. The second-order valence-electron chi connectivity index (χ2n) is 6.86. The molecule has 3 rings (SSSR count). The number of fused-ring (bicyclic) bond motifs is 1. The zero-order chi connectivity index (χ0) is 25.6. The number of hydrogen-bond donors (Lipinski definition) is 0. The fourth-order valence-corrected chi connectivity index (χ4v) is 3.25. The van der Waals surface area contributed by atoms with Crippen LogP contribution in [0.1, 0.15) is 33.3 Å². The molecule has 0 fully saturated rings. The van der Waals surface area contributed by atoms with Crippen LogP contribution < -0.4 is 4.85 Å². The van der Waals surface area contributed by atoms with Crippen LogP contribution in [0.25, 0.3) is 10.9 Å². The second-order valence-corrected chi connectivity index (χ2v) is 6.86. The molecule has 0 amide bonds. The molecule has 1 aromatic heterocycles. The van der Waals surface area contributed by atoms with Crippen LogP contribution in [0, 0.1) is 16.8 Å². The molecular formula is C20H12F8N2O4. The lowest BCUT2D eigenvalue weighted by molar-refractivity contribution is -0.692. The van der Waals surface area contributed by atoms with Crippen molar-refractivity contribution in [3.8, 4) is 0 Å². The number of aryl methyl sites for hydroxylation is 1. The van der Waals surface area contributed by atoms with E-state index in [1.807, 2.05) is 0 Å². The van der Waals surface area contributed by atoms with Crippen molar-refractivity contribution in [2.45, 2.75) is 31.9 Å². The molecule has 14 heteroatoms. The first-order valence-electron chi connectivity index (χ1n) is 9.27. The molecule has 0 saturated carbocycles. The van der Waals surface area contributed by atoms with E-state index in [1.165, 1.54) is 31.2 Å². The number of halogens is 8. The van der Waals surface area contributed by atoms with E-state index in [1.54, 1.807) is 0 Å². The summed E-state index contributed by atoms with van der Waals surface area (Å²) in [7, 11) is 0. The number of rotatable bonds is 5. The Hall–Kier alpha value is -3.71. The first-order valence-corrected chi connectivity index (χ1v) is 9.27. The highest BCUT2D eigenvalue weighted by Gasteiger charge is 2.60. The highest BCUT2D eigenvalue weighted by Crippen LogP contribution is 2.36. The van der Waals surface area contributed by atoms with Gasteiger partial charge in [0.15, 0.2) is 11.6 Å². The lowest BCUT2D eigenvalue weighted by Gasteiger charge is -2.23. The van der Waals surface area contributed by atoms with Crippen LogP contribution in [0.15, 0.2) is 36.4 Å². The number of aromatic nitrogens is 2. The van der Waals surface area contributed by atoms with E-state index in [0.717, 1.165) is 4.68 Å². The average Bonchev–Trinajstić information content (AvgIpc) is 3.02. The number of para-hydroxylation sites is 1. The van der Waals surface area contributed by atoms with E-state index in [-0.39, 0.29) is 34.4 Å². The Bertz CT molecular complexity index is 1270. The van der Waals surface area contributed by atoms with Gasteiger partial charge in [0, 0.05) is 5.56 Å². The first kappa shape index (κ1) is 24.9. The van der Waals surface area contributed by atoms with Gasteiger partial charge in [0.25, 0.3) is 17.6 Å².